The highest BCUT2D eigenvalue weighted by atomic mass is 32.1. The maximum Gasteiger partial charge on any atom is 0.276 e. The monoisotopic (exact) mass is 479 g/mol. The van der Waals surface area contributed by atoms with Crippen LogP contribution >= 0.6 is 12.2 Å². The molecule has 0 atom stereocenters. The van der Waals surface area contributed by atoms with Crippen LogP contribution in [0, 0.1) is 0 Å². The van der Waals surface area contributed by atoms with E-state index in [4.69, 9.17) is 21.7 Å². The Kier molecular flexibility index (Phi) is 9.66. The molecule has 3 aromatic rings. The molecule has 0 unspecified atom stereocenters. The van der Waals surface area contributed by atoms with Gasteiger partial charge in [-0.05, 0) is 65.8 Å². The van der Waals surface area contributed by atoms with Crippen LogP contribution in [0.15, 0.2) is 66.7 Å². The van der Waals surface area contributed by atoms with Crippen LogP contribution in [-0.2, 0) is 4.79 Å². The SMILES string of the molecule is CCCCCCOc1ccc(C(=O)NC(=S)NNC(=O)COc2ccc3ccccc3c2)cc1. The second-order valence-corrected chi connectivity index (χ2v) is 8.10. The Morgan fingerprint density at radius 1 is 0.824 bits per heavy atom. The van der Waals surface area contributed by atoms with Gasteiger partial charge in [0.15, 0.2) is 11.7 Å². The van der Waals surface area contributed by atoms with E-state index in [2.05, 4.69) is 23.1 Å². The van der Waals surface area contributed by atoms with E-state index in [-0.39, 0.29) is 11.7 Å². The fourth-order valence-corrected chi connectivity index (χ4v) is 3.34. The van der Waals surface area contributed by atoms with E-state index in [1.807, 2.05) is 36.4 Å². The van der Waals surface area contributed by atoms with E-state index in [0.29, 0.717) is 23.7 Å². The summed E-state index contributed by atoms with van der Waals surface area (Å²) in [5.41, 5.74) is 5.33. The van der Waals surface area contributed by atoms with Crippen LogP contribution < -0.4 is 25.6 Å². The second-order valence-electron chi connectivity index (χ2n) is 7.69. The van der Waals surface area contributed by atoms with Gasteiger partial charge in [-0.3, -0.25) is 25.8 Å². The van der Waals surface area contributed by atoms with E-state index >= 15 is 0 Å². The number of thiocarbonyl (C=S) groups is 1. The number of hydrogen-bond donors (Lipinski definition) is 3. The van der Waals surface area contributed by atoms with Crippen molar-refractivity contribution in [2.45, 2.75) is 32.6 Å². The van der Waals surface area contributed by atoms with Crippen LogP contribution in [-0.4, -0.2) is 30.1 Å². The first-order valence-electron chi connectivity index (χ1n) is 11.3. The zero-order valence-corrected chi connectivity index (χ0v) is 20.0. The molecule has 8 heteroatoms. The van der Waals surface area contributed by atoms with Crippen molar-refractivity contribution in [1.29, 1.82) is 0 Å². The zero-order chi connectivity index (χ0) is 24.2. The minimum atomic E-state index is -0.440. The van der Waals surface area contributed by atoms with Gasteiger partial charge in [-0.15, -0.1) is 0 Å². The largest absolute Gasteiger partial charge is 0.494 e. The summed E-state index contributed by atoms with van der Waals surface area (Å²) in [5.74, 6) is 0.462. The molecule has 3 rings (SSSR count). The van der Waals surface area contributed by atoms with Crippen molar-refractivity contribution in [2.75, 3.05) is 13.2 Å². The minimum Gasteiger partial charge on any atom is -0.494 e. The molecule has 0 aliphatic carbocycles. The van der Waals surface area contributed by atoms with E-state index < -0.39 is 11.8 Å². The normalized spacial score (nSPS) is 10.4. The smallest absolute Gasteiger partial charge is 0.276 e. The number of carbonyl (C=O) groups excluding carboxylic acids is 2. The first kappa shape index (κ1) is 25.0. The average molecular weight is 480 g/mol. The molecule has 0 saturated carbocycles. The number of ether oxygens (including phenoxy) is 2. The molecule has 178 valence electrons. The van der Waals surface area contributed by atoms with Crippen molar-refractivity contribution in [2.24, 2.45) is 0 Å². The molecule has 2 amide bonds. The number of nitrogens with one attached hydrogen (secondary N) is 3. The summed E-state index contributed by atoms with van der Waals surface area (Å²) >= 11 is 5.07. The van der Waals surface area contributed by atoms with Crippen LogP contribution in [0.4, 0.5) is 0 Å². The van der Waals surface area contributed by atoms with Gasteiger partial charge in [0.1, 0.15) is 11.5 Å². The molecule has 0 aromatic heterocycles. The lowest BCUT2D eigenvalue weighted by Gasteiger charge is -2.12. The number of unbranched alkanes of at least 4 members (excludes halogenated alkanes) is 3. The van der Waals surface area contributed by atoms with Gasteiger partial charge < -0.3 is 9.47 Å². The molecular formula is C26H29N3O4S. The van der Waals surface area contributed by atoms with E-state index in [9.17, 15) is 9.59 Å². The van der Waals surface area contributed by atoms with Crippen molar-refractivity contribution in [1.82, 2.24) is 16.2 Å². The number of hydrogen-bond acceptors (Lipinski definition) is 5. The predicted molar refractivity (Wildman–Crippen MR) is 137 cm³/mol. The summed E-state index contributed by atoms with van der Waals surface area (Å²) in [6, 6.07) is 20.3. The lowest BCUT2D eigenvalue weighted by Crippen LogP contribution is -2.49. The summed E-state index contributed by atoms with van der Waals surface area (Å²) in [7, 11) is 0. The van der Waals surface area contributed by atoms with Crippen LogP contribution in [0.25, 0.3) is 10.8 Å². The van der Waals surface area contributed by atoms with Crippen LogP contribution in [0.1, 0.15) is 43.0 Å². The summed E-state index contributed by atoms with van der Waals surface area (Å²) in [6.07, 6.45) is 4.54. The molecule has 0 spiro atoms. The molecule has 3 N–H and O–H groups in total. The molecule has 0 aliphatic rings. The molecule has 0 saturated heterocycles. The lowest BCUT2D eigenvalue weighted by atomic mass is 10.1. The fourth-order valence-electron chi connectivity index (χ4n) is 3.20. The summed E-state index contributed by atoms with van der Waals surface area (Å²) in [5, 5.41) is 4.60. The third kappa shape index (κ3) is 8.04. The van der Waals surface area contributed by atoms with Crippen molar-refractivity contribution in [3.05, 3.63) is 72.3 Å². The number of benzene rings is 3. The quantitative estimate of drug-likeness (QED) is 0.225. The Morgan fingerprint density at radius 3 is 2.32 bits per heavy atom. The highest BCUT2D eigenvalue weighted by molar-refractivity contribution is 7.80. The molecule has 3 aromatic carbocycles. The number of hydrazine groups is 1. The fraction of sp³-hybridized carbons (Fsp3) is 0.269. The predicted octanol–water partition coefficient (Wildman–Crippen LogP) is 4.51. The van der Waals surface area contributed by atoms with Gasteiger partial charge in [-0.1, -0.05) is 56.5 Å². The second kappa shape index (κ2) is 13.2. The van der Waals surface area contributed by atoms with Crippen LogP contribution in [0.2, 0.25) is 0 Å². The van der Waals surface area contributed by atoms with Gasteiger partial charge >= 0.3 is 0 Å². The van der Waals surface area contributed by atoms with E-state index in [1.165, 1.54) is 12.8 Å². The molecule has 0 heterocycles. The first-order valence-corrected chi connectivity index (χ1v) is 11.7. The van der Waals surface area contributed by atoms with Gasteiger partial charge in [0.2, 0.25) is 0 Å². The van der Waals surface area contributed by atoms with Crippen LogP contribution in [0.3, 0.4) is 0 Å². The highest BCUT2D eigenvalue weighted by Gasteiger charge is 2.09. The molecule has 0 bridgehead atoms. The number of amides is 2. The average Bonchev–Trinajstić information content (AvgIpc) is 2.86. The maximum absolute atomic E-state index is 12.3. The van der Waals surface area contributed by atoms with Gasteiger partial charge in [0.05, 0.1) is 6.61 Å². The Bertz CT molecular complexity index is 1120. The third-order valence-electron chi connectivity index (χ3n) is 5.02. The molecular weight excluding hydrogens is 450 g/mol. The maximum atomic E-state index is 12.3. The summed E-state index contributed by atoms with van der Waals surface area (Å²) in [4.78, 5) is 24.4. The van der Waals surface area contributed by atoms with Crippen molar-refractivity contribution < 1.29 is 19.1 Å². The first-order chi connectivity index (χ1) is 16.5. The minimum absolute atomic E-state index is 0.0275. The molecule has 0 fully saturated rings. The van der Waals surface area contributed by atoms with Crippen LogP contribution in [0.5, 0.6) is 11.5 Å². The number of fused-ring (bicyclic) bond motifs is 1. The van der Waals surface area contributed by atoms with E-state index in [1.54, 1.807) is 30.3 Å². The van der Waals surface area contributed by atoms with Crippen molar-refractivity contribution >= 4 is 39.9 Å². The molecule has 0 aliphatic heterocycles. The highest BCUT2D eigenvalue weighted by Crippen LogP contribution is 2.20. The summed E-state index contributed by atoms with van der Waals surface area (Å²) < 4.78 is 11.2. The Hall–Kier alpha value is -3.65. The molecule has 7 nitrogen and oxygen atoms in total. The standard InChI is InChI=1S/C26H29N3O4S/c1-2-3-4-7-16-32-22-13-11-20(12-14-22)25(31)27-26(34)29-28-24(30)18-33-23-15-10-19-8-5-6-9-21(19)17-23/h5-6,8-15,17H,2-4,7,16,18H2,1H3,(H,28,30)(H2,27,29,31,34). The van der Waals surface area contributed by atoms with Gasteiger partial charge in [-0.25, -0.2) is 0 Å². The number of carbonyl (C=O) groups is 2. The van der Waals surface area contributed by atoms with Crippen molar-refractivity contribution in [3.63, 3.8) is 0 Å². The molecule has 34 heavy (non-hydrogen) atoms. The Morgan fingerprint density at radius 2 is 1.56 bits per heavy atom. The Labute approximate surface area is 204 Å². The van der Waals surface area contributed by atoms with Gasteiger partial charge in [0, 0.05) is 5.56 Å². The summed E-state index contributed by atoms with van der Waals surface area (Å²) in [6.45, 7) is 2.62. The van der Waals surface area contributed by atoms with Crippen molar-refractivity contribution in [3.8, 4) is 11.5 Å². The number of rotatable bonds is 10. The topological polar surface area (TPSA) is 88.7 Å². The van der Waals surface area contributed by atoms with Gasteiger partial charge in [-0.2, -0.15) is 0 Å². The lowest BCUT2D eigenvalue weighted by molar-refractivity contribution is -0.123. The molecule has 0 radical (unpaired) electrons. The Balaban J connectivity index is 1.36. The van der Waals surface area contributed by atoms with Gasteiger partial charge in [0.25, 0.3) is 11.8 Å². The zero-order valence-electron chi connectivity index (χ0n) is 19.1. The van der Waals surface area contributed by atoms with E-state index in [0.717, 1.165) is 23.6 Å². The third-order valence-corrected chi connectivity index (χ3v) is 5.22.